The van der Waals surface area contributed by atoms with E-state index in [4.69, 9.17) is 9.47 Å². The maximum absolute atomic E-state index is 14.7. The van der Waals surface area contributed by atoms with Gasteiger partial charge in [-0.3, -0.25) is 19.7 Å². The number of hydrogen-bond donors (Lipinski definition) is 4. The number of aromatic nitrogens is 2. The van der Waals surface area contributed by atoms with Gasteiger partial charge in [0.1, 0.15) is 29.6 Å². The number of hydrogen-bond acceptors (Lipinski definition) is 12. The number of carbonyl (C=O) groups excluding carboxylic acids is 2. The van der Waals surface area contributed by atoms with Crippen molar-refractivity contribution in [3.05, 3.63) is 106 Å². The third-order valence-electron chi connectivity index (χ3n) is 15.3. The lowest BCUT2D eigenvalue weighted by atomic mass is 9.69. The minimum absolute atomic E-state index is 0.0397. The van der Waals surface area contributed by atoms with Crippen molar-refractivity contribution in [2.75, 3.05) is 36.5 Å². The fourth-order valence-corrected chi connectivity index (χ4v) is 12.4. The lowest BCUT2D eigenvalue weighted by molar-refractivity contribution is -0.384. The number of anilines is 2. The number of amides is 2. The molecular formula is C50H56FN7O9S. The van der Waals surface area contributed by atoms with Crippen LogP contribution in [0.15, 0.2) is 78.0 Å². The Morgan fingerprint density at radius 2 is 1.82 bits per heavy atom. The monoisotopic (exact) mass is 949 g/mol. The third-order valence-corrected chi connectivity index (χ3v) is 16.6. The predicted octanol–water partition coefficient (Wildman–Crippen LogP) is 8.52. The van der Waals surface area contributed by atoms with Crippen molar-refractivity contribution in [2.24, 2.45) is 11.3 Å². The van der Waals surface area contributed by atoms with E-state index in [1.807, 2.05) is 0 Å². The summed E-state index contributed by atoms with van der Waals surface area (Å²) in [5.74, 6) is -0.680. The molecule has 10 rings (SSSR count). The fourth-order valence-electron chi connectivity index (χ4n) is 11.4. The first-order valence-corrected chi connectivity index (χ1v) is 25.1. The molecule has 2 amide bonds. The number of pyridine rings is 1. The maximum Gasteiger partial charge on any atom is 0.297 e. The van der Waals surface area contributed by atoms with Gasteiger partial charge >= 0.3 is 0 Å². The highest BCUT2D eigenvalue weighted by molar-refractivity contribution is 7.90. The summed E-state index contributed by atoms with van der Waals surface area (Å²) in [4.78, 5) is 50.6. The van der Waals surface area contributed by atoms with Crippen molar-refractivity contribution in [3.8, 4) is 17.2 Å². The molecule has 16 nitrogen and oxygen atoms in total. The SMILES string of the molecule is CC(C)c1ccccc1[C@H]1CCC[C@H]1N1CC2(CCN(c3ccc(C(=O)NS(=O)(=O)c4cc5c(c([N+](=O)[O-])c4)N[C@@H](C4CCC(C)(O)CC4)CO5)c(Oc4cnc5[nH]cc(F)c5c4)c3)CC2)C1=O. The van der Waals surface area contributed by atoms with E-state index in [0.717, 1.165) is 37.6 Å². The first-order chi connectivity index (χ1) is 32.5. The zero-order valence-corrected chi connectivity index (χ0v) is 39.1. The minimum atomic E-state index is -4.75. The third kappa shape index (κ3) is 8.39. The minimum Gasteiger partial charge on any atom is -0.489 e. The number of nitrogens with one attached hydrogen (secondary N) is 3. The van der Waals surface area contributed by atoms with Gasteiger partial charge in [-0.1, -0.05) is 44.5 Å². The van der Waals surface area contributed by atoms with E-state index in [0.29, 0.717) is 75.7 Å². The number of nitro groups is 1. The summed E-state index contributed by atoms with van der Waals surface area (Å²) < 4.78 is 56.8. The average molecular weight is 950 g/mol. The molecule has 0 radical (unpaired) electrons. The number of benzene rings is 3. The summed E-state index contributed by atoms with van der Waals surface area (Å²) in [5.41, 5.74) is 1.73. The smallest absolute Gasteiger partial charge is 0.297 e. The Hall–Kier alpha value is -6.27. The Labute approximate surface area is 393 Å². The van der Waals surface area contributed by atoms with Crippen LogP contribution in [0.3, 0.4) is 0 Å². The Morgan fingerprint density at radius 3 is 2.56 bits per heavy atom. The molecule has 4 N–H and O–H groups in total. The first kappa shape index (κ1) is 45.5. The molecule has 358 valence electrons. The number of piperidine rings is 1. The van der Waals surface area contributed by atoms with E-state index < -0.39 is 48.3 Å². The molecule has 0 bridgehead atoms. The zero-order chi connectivity index (χ0) is 47.7. The number of aromatic amines is 1. The Bertz CT molecular complexity index is 2920. The van der Waals surface area contributed by atoms with Crippen LogP contribution in [0.4, 0.5) is 21.5 Å². The standard InChI is InChI=1S/C50H56FN7O9S/c1-29(2)34-7-4-5-8-35(34)36-9-6-10-41(36)57-28-50(48(57)60)17-19-56(20-18-50)31-11-12-37(43(21-31)67-32-22-38-39(51)26-53-46(38)52-25-32)47(59)55-68(64,65)33-23-42(58(62)63)45-44(24-33)66-27-40(54-45)30-13-15-49(3,61)16-14-30/h4-5,7-8,11-12,21-26,29-30,36,40-41,54,61H,6,9-10,13-20,27-28H2,1-3H3,(H,52,53)(H,55,59)/t30?,36-,40-,41-,49?/m1/s1. The number of halogens is 1. The number of β-lactam (4-membered cyclic amide) rings is 1. The largest absolute Gasteiger partial charge is 0.489 e. The van der Waals surface area contributed by atoms with Gasteiger partial charge in [0, 0.05) is 61.7 Å². The van der Waals surface area contributed by atoms with E-state index in [2.05, 4.69) is 67.9 Å². The highest BCUT2D eigenvalue weighted by Gasteiger charge is 2.56. The Balaban J connectivity index is 0.873. The molecule has 18 heteroatoms. The molecule has 0 unspecified atom stereocenters. The predicted molar refractivity (Wildman–Crippen MR) is 252 cm³/mol. The van der Waals surface area contributed by atoms with Crippen LogP contribution in [0.1, 0.15) is 112 Å². The van der Waals surface area contributed by atoms with Crippen molar-refractivity contribution in [1.82, 2.24) is 19.6 Å². The normalized spacial score (nSPS) is 24.6. The van der Waals surface area contributed by atoms with Gasteiger partial charge in [0.15, 0.2) is 11.4 Å². The highest BCUT2D eigenvalue weighted by Crippen LogP contribution is 2.50. The molecule has 5 heterocycles. The second kappa shape index (κ2) is 17.4. The van der Waals surface area contributed by atoms with Crippen molar-refractivity contribution >= 4 is 49.9 Å². The van der Waals surface area contributed by atoms with E-state index >= 15 is 0 Å². The quantitative estimate of drug-likeness (QED) is 0.0558. The first-order valence-electron chi connectivity index (χ1n) is 23.6. The topological polar surface area (TPSA) is 209 Å². The van der Waals surface area contributed by atoms with Gasteiger partial charge in [-0.15, -0.1) is 0 Å². The molecule has 5 aromatic rings. The number of carbonyl (C=O) groups is 2. The van der Waals surface area contributed by atoms with Crippen LogP contribution in [-0.2, 0) is 14.8 Å². The van der Waals surface area contributed by atoms with Crippen LogP contribution < -0.4 is 24.4 Å². The number of rotatable bonds is 11. The zero-order valence-electron chi connectivity index (χ0n) is 38.3. The molecule has 3 aliphatic heterocycles. The highest BCUT2D eigenvalue weighted by atomic mass is 32.2. The van der Waals surface area contributed by atoms with Crippen LogP contribution in [0.5, 0.6) is 17.2 Å². The fraction of sp³-hybridized carbons (Fsp3) is 0.460. The molecule has 1 spiro atoms. The van der Waals surface area contributed by atoms with Gasteiger partial charge < -0.3 is 34.7 Å². The number of fused-ring (bicyclic) bond motifs is 2. The van der Waals surface area contributed by atoms with Crippen LogP contribution in [0.2, 0.25) is 0 Å². The summed E-state index contributed by atoms with van der Waals surface area (Å²) in [6, 6.07) is 16.7. The summed E-state index contributed by atoms with van der Waals surface area (Å²) in [6.45, 7) is 8.13. The molecule has 4 fully saturated rings. The van der Waals surface area contributed by atoms with Gasteiger partial charge in [0.2, 0.25) is 5.91 Å². The average Bonchev–Trinajstić information content (AvgIpc) is 3.96. The number of sulfonamides is 1. The van der Waals surface area contributed by atoms with Crippen molar-refractivity contribution in [3.63, 3.8) is 0 Å². The second-order valence-corrected chi connectivity index (χ2v) is 21.7. The molecule has 2 aliphatic carbocycles. The van der Waals surface area contributed by atoms with Crippen molar-refractivity contribution in [2.45, 2.75) is 113 Å². The molecule has 68 heavy (non-hydrogen) atoms. The van der Waals surface area contributed by atoms with E-state index in [1.54, 1.807) is 19.1 Å². The molecule has 5 aliphatic rings. The second-order valence-electron chi connectivity index (χ2n) is 20.0. The molecule has 2 saturated heterocycles. The van der Waals surface area contributed by atoms with Gasteiger partial charge in [-0.2, -0.15) is 0 Å². The van der Waals surface area contributed by atoms with Crippen LogP contribution in [0.25, 0.3) is 11.0 Å². The van der Waals surface area contributed by atoms with Crippen LogP contribution in [0, 0.1) is 27.3 Å². The lowest BCUT2D eigenvalue weighted by Crippen LogP contribution is -2.67. The van der Waals surface area contributed by atoms with Gasteiger partial charge in [-0.05, 0) is 99.5 Å². The summed E-state index contributed by atoms with van der Waals surface area (Å²) >= 11 is 0. The molecule has 2 aromatic heterocycles. The van der Waals surface area contributed by atoms with E-state index in [1.165, 1.54) is 29.5 Å². The van der Waals surface area contributed by atoms with Gasteiger partial charge in [-0.25, -0.2) is 22.5 Å². The Kier molecular flexibility index (Phi) is 11.6. The maximum atomic E-state index is 14.7. The molecular weight excluding hydrogens is 894 g/mol. The van der Waals surface area contributed by atoms with Crippen molar-refractivity contribution < 1.29 is 41.9 Å². The van der Waals surface area contributed by atoms with Gasteiger partial charge in [0.05, 0.1) is 44.0 Å². The van der Waals surface area contributed by atoms with Crippen LogP contribution in [-0.4, -0.2) is 89.1 Å². The van der Waals surface area contributed by atoms with Crippen molar-refractivity contribution in [1.29, 1.82) is 0 Å². The Morgan fingerprint density at radius 1 is 1.06 bits per heavy atom. The van der Waals surface area contributed by atoms with Crippen LogP contribution >= 0.6 is 0 Å². The summed E-state index contributed by atoms with van der Waals surface area (Å²) in [7, 11) is -4.75. The van der Waals surface area contributed by atoms with E-state index in [-0.39, 0.29) is 70.0 Å². The number of nitrogens with zero attached hydrogens (tertiary/aromatic N) is 4. The van der Waals surface area contributed by atoms with E-state index in [9.17, 15) is 37.6 Å². The summed E-state index contributed by atoms with van der Waals surface area (Å²) in [6.07, 6.45) is 9.41. The lowest BCUT2D eigenvalue weighted by Gasteiger charge is -2.55. The number of H-pyrrole nitrogens is 1. The molecule has 3 atom stereocenters. The number of likely N-dealkylation sites (tertiary alicyclic amines) is 1. The number of ether oxygens (including phenoxy) is 2. The number of nitro benzene ring substituents is 1. The summed E-state index contributed by atoms with van der Waals surface area (Å²) in [5, 5.41) is 26.2. The molecule has 2 saturated carbocycles. The number of aliphatic hydroxyl groups is 1. The van der Waals surface area contributed by atoms with Gasteiger partial charge in [0.25, 0.3) is 21.6 Å². The molecule has 3 aromatic carbocycles.